The summed E-state index contributed by atoms with van der Waals surface area (Å²) in [6.07, 6.45) is 5.84. The summed E-state index contributed by atoms with van der Waals surface area (Å²) in [5, 5.41) is 0. The minimum Gasteiger partial charge on any atom is -0.496 e. The second-order valence-electron chi connectivity index (χ2n) is 7.80. The standard InChI is InChI=1S/C20H30N2O4S/c1-15-10-12-22(13-11-15)20(23)18-14-17(8-9-19(18)26-3)27(24,25)21(2)16-6-4-5-7-16/h8-9,14-16H,4-7,10-13H2,1-3H3. The zero-order chi connectivity index (χ0) is 19.6. The first kappa shape index (κ1) is 20.1. The summed E-state index contributed by atoms with van der Waals surface area (Å²) in [6.45, 7) is 3.58. The van der Waals surface area contributed by atoms with Crippen molar-refractivity contribution in [2.45, 2.75) is 56.4 Å². The van der Waals surface area contributed by atoms with Crippen LogP contribution in [0.3, 0.4) is 0 Å². The first-order valence-electron chi connectivity index (χ1n) is 9.80. The summed E-state index contributed by atoms with van der Waals surface area (Å²) in [5.74, 6) is 0.878. The number of ether oxygens (including phenoxy) is 1. The number of hydrogen-bond acceptors (Lipinski definition) is 4. The number of benzene rings is 1. The van der Waals surface area contributed by atoms with E-state index in [0.29, 0.717) is 30.3 Å². The highest BCUT2D eigenvalue weighted by Gasteiger charge is 2.32. The molecule has 1 saturated heterocycles. The number of sulfonamides is 1. The molecular weight excluding hydrogens is 364 g/mol. The predicted molar refractivity (Wildman–Crippen MR) is 105 cm³/mol. The molecule has 0 spiro atoms. The minimum absolute atomic E-state index is 0.0415. The largest absolute Gasteiger partial charge is 0.496 e. The van der Waals surface area contributed by atoms with Crippen LogP contribution < -0.4 is 4.74 Å². The highest BCUT2D eigenvalue weighted by atomic mass is 32.2. The molecule has 0 bridgehead atoms. The van der Waals surface area contributed by atoms with Gasteiger partial charge in [-0.2, -0.15) is 4.31 Å². The maximum atomic E-state index is 13.1. The maximum Gasteiger partial charge on any atom is 0.257 e. The third kappa shape index (κ3) is 4.14. The second-order valence-corrected chi connectivity index (χ2v) is 9.79. The van der Waals surface area contributed by atoms with E-state index in [9.17, 15) is 13.2 Å². The molecule has 150 valence electrons. The van der Waals surface area contributed by atoms with Crippen LogP contribution in [0, 0.1) is 5.92 Å². The summed E-state index contributed by atoms with van der Waals surface area (Å²) < 4.78 is 33.0. The van der Waals surface area contributed by atoms with Crippen LogP contribution in [-0.4, -0.2) is 56.8 Å². The molecule has 1 aromatic rings. The van der Waals surface area contributed by atoms with Gasteiger partial charge in [-0.3, -0.25) is 4.79 Å². The molecule has 1 amide bonds. The van der Waals surface area contributed by atoms with Crippen LogP contribution in [0.5, 0.6) is 5.75 Å². The molecule has 6 nitrogen and oxygen atoms in total. The monoisotopic (exact) mass is 394 g/mol. The lowest BCUT2D eigenvalue weighted by Gasteiger charge is -2.31. The lowest BCUT2D eigenvalue weighted by Crippen LogP contribution is -2.38. The number of nitrogens with zero attached hydrogens (tertiary/aromatic N) is 2. The van der Waals surface area contributed by atoms with Crippen molar-refractivity contribution >= 4 is 15.9 Å². The number of carbonyl (C=O) groups excluding carboxylic acids is 1. The SMILES string of the molecule is COc1ccc(S(=O)(=O)N(C)C2CCCC2)cc1C(=O)N1CCC(C)CC1. The van der Waals surface area contributed by atoms with Gasteiger partial charge in [-0.05, 0) is 49.8 Å². The third-order valence-corrected chi connectivity index (χ3v) is 7.89. The van der Waals surface area contributed by atoms with Crippen molar-refractivity contribution in [2.24, 2.45) is 5.92 Å². The van der Waals surface area contributed by atoms with Crippen molar-refractivity contribution in [1.29, 1.82) is 0 Å². The van der Waals surface area contributed by atoms with Crippen LogP contribution in [0.4, 0.5) is 0 Å². The van der Waals surface area contributed by atoms with Gasteiger partial charge < -0.3 is 9.64 Å². The van der Waals surface area contributed by atoms with Gasteiger partial charge in [0.2, 0.25) is 10.0 Å². The first-order valence-corrected chi connectivity index (χ1v) is 11.2. The molecule has 0 N–H and O–H groups in total. The van der Waals surface area contributed by atoms with E-state index in [1.54, 1.807) is 18.0 Å². The van der Waals surface area contributed by atoms with Crippen molar-refractivity contribution < 1.29 is 17.9 Å². The van der Waals surface area contributed by atoms with Crippen LogP contribution in [0.1, 0.15) is 55.8 Å². The smallest absolute Gasteiger partial charge is 0.257 e. The first-order chi connectivity index (χ1) is 12.8. The normalized spacial score (nSPS) is 19.6. The molecule has 1 heterocycles. The number of hydrogen-bond donors (Lipinski definition) is 0. The Bertz CT molecular complexity index is 779. The van der Waals surface area contributed by atoms with Gasteiger partial charge in [0, 0.05) is 26.2 Å². The van der Waals surface area contributed by atoms with E-state index in [1.807, 2.05) is 0 Å². The van der Waals surface area contributed by atoms with E-state index in [4.69, 9.17) is 4.74 Å². The fourth-order valence-electron chi connectivity index (χ4n) is 4.03. The summed E-state index contributed by atoms with van der Waals surface area (Å²) >= 11 is 0. The molecule has 1 aromatic carbocycles. The van der Waals surface area contributed by atoms with Crippen molar-refractivity contribution in [2.75, 3.05) is 27.2 Å². The molecule has 2 aliphatic rings. The Morgan fingerprint density at radius 2 is 1.78 bits per heavy atom. The maximum absolute atomic E-state index is 13.1. The number of piperidine rings is 1. The van der Waals surface area contributed by atoms with E-state index in [2.05, 4.69) is 6.92 Å². The van der Waals surface area contributed by atoms with Gasteiger partial charge >= 0.3 is 0 Å². The lowest BCUT2D eigenvalue weighted by atomic mass is 9.98. The Kier molecular flexibility index (Phi) is 6.11. The molecule has 0 unspecified atom stereocenters. The predicted octanol–water partition coefficient (Wildman–Crippen LogP) is 3.13. The van der Waals surface area contributed by atoms with Gasteiger partial charge in [0.15, 0.2) is 0 Å². The number of rotatable bonds is 5. The lowest BCUT2D eigenvalue weighted by molar-refractivity contribution is 0.0693. The average molecular weight is 395 g/mol. The Labute approximate surface area is 162 Å². The quantitative estimate of drug-likeness (QED) is 0.769. The Morgan fingerprint density at radius 3 is 2.37 bits per heavy atom. The van der Waals surface area contributed by atoms with Crippen molar-refractivity contribution in [3.63, 3.8) is 0 Å². The van der Waals surface area contributed by atoms with Crippen molar-refractivity contribution in [3.8, 4) is 5.75 Å². The molecule has 3 rings (SSSR count). The van der Waals surface area contributed by atoms with Gasteiger partial charge in [-0.1, -0.05) is 19.8 Å². The summed E-state index contributed by atoms with van der Waals surface area (Å²) in [4.78, 5) is 15.0. The molecule has 0 radical (unpaired) electrons. The molecule has 7 heteroatoms. The zero-order valence-electron chi connectivity index (χ0n) is 16.5. The fraction of sp³-hybridized carbons (Fsp3) is 0.650. The fourth-order valence-corrected chi connectivity index (χ4v) is 5.47. The van der Waals surface area contributed by atoms with E-state index in [-0.39, 0.29) is 16.8 Å². The van der Waals surface area contributed by atoms with Crippen molar-refractivity contribution in [1.82, 2.24) is 9.21 Å². The summed E-state index contributed by atoms with van der Waals surface area (Å²) in [5.41, 5.74) is 0.327. The molecule has 1 aliphatic heterocycles. The Hall–Kier alpha value is -1.60. The molecule has 27 heavy (non-hydrogen) atoms. The number of methoxy groups -OCH3 is 1. The minimum atomic E-state index is -3.64. The van der Waals surface area contributed by atoms with Crippen LogP contribution in [0.25, 0.3) is 0 Å². The van der Waals surface area contributed by atoms with E-state index in [0.717, 1.165) is 38.5 Å². The van der Waals surface area contributed by atoms with Crippen LogP contribution >= 0.6 is 0 Å². The van der Waals surface area contributed by atoms with E-state index in [1.165, 1.54) is 23.5 Å². The zero-order valence-corrected chi connectivity index (χ0v) is 17.3. The van der Waals surface area contributed by atoms with Gasteiger partial charge in [0.1, 0.15) is 5.75 Å². The van der Waals surface area contributed by atoms with E-state index < -0.39 is 10.0 Å². The van der Waals surface area contributed by atoms with E-state index >= 15 is 0 Å². The van der Waals surface area contributed by atoms with Crippen LogP contribution in [-0.2, 0) is 10.0 Å². The average Bonchev–Trinajstić information content (AvgIpc) is 3.21. The molecular formula is C20H30N2O4S. The number of amides is 1. The van der Waals surface area contributed by atoms with Crippen LogP contribution in [0.2, 0.25) is 0 Å². The molecule has 1 aliphatic carbocycles. The molecule has 0 atom stereocenters. The topological polar surface area (TPSA) is 66.9 Å². The highest BCUT2D eigenvalue weighted by molar-refractivity contribution is 7.89. The van der Waals surface area contributed by atoms with Gasteiger partial charge in [0.25, 0.3) is 5.91 Å². The summed E-state index contributed by atoms with van der Waals surface area (Å²) in [6, 6.07) is 4.66. The van der Waals surface area contributed by atoms with Crippen LogP contribution in [0.15, 0.2) is 23.1 Å². The van der Waals surface area contributed by atoms with Gasteiger partial charge in [-0.15, -0.1) is 0 Å². The van der Waals surface area contributed by atoms with Gasteiger partial charge in [0.05, 0.1) is 17.6 Å². The third-order valence-electron chi connectivity index (χ3n) is 5.99. The summed E-state index contributed by atoms with van der Waals surface area (Å²) in [7, 11) is -0.491. The highest BCUT2D eigenvalue weighted by Crippen LogP contribution is 2.30. The second kappa shape index (κ2) is 8.19. The number of likely N-dealkylation sites (tertiary alicyclic amines) is 1. The Morgan fingerprint density at radius 1 is 1.15 bits per heavy atom. The number of carbonyl (C=O) groups is 1. The Balaban J connectivity index is 1.89. The molecule has 2 fully saturated rings. The molecule has 0 aromatic heterocycles. The molecule has 1 saturated carbocycles. The van der Waals surface area contributed by atoms with Gasteiger partial charge in [-0.25, -0.2) is 8.42 Å². The van der Waals surface area contributed by atoms with Crippen molar-refractivity contribution in [3.05, 3.63) is 23.8 Å².